The number of aliphatic hydroxyl groups excluding tert-OH is 1. The van der Waals surface area contributed by atoms with Gasteiger partial charge in [-0.05, 0) is 0 Å². The molecule has 1 aliphatic rings. The number of nitrogens with one attached hydrogen (secondary N) is 1. The van der Waals surface area contributed by atoms with Gasteiger partial charge in [-0.15, -0.1) is 6.58 Å². The third kappa shape index (κ3) is 3.77. The second-order valence-corrected chi connectivity index (χ2v) is 4.96. The number of epoxide rings is 1. The zero-order valence-corrected chi connectivity index (χ0v) is 12.0. The molecule has 2 heterocycles. The molecule has 1 aromatic rings. The van der Waals surface area contributed by atoms with Gasteiger partial charge in [-0.2, -0.15) is 18.3 Å². The highest BCUT2D eigenvalue weighted by Gasteiger charge is 2.42. The predicted molar refractivity (Wildman–Crippen MR) is 70.4 cm³/mol. The largest absolute Gasteiger partial charge is 0.435 e. The number of amides is 1. The molecule has 0 bridgehead atoms. The normalized spacial score (nSPS) is 19.8. The Labute approximate surface area is 128 Å². The van der Waals surface area contributed by atoms with Crippen molar-refractivity contribution in [2.45, 2.75) is 24.4 Å². The smallest absolute Gasteiger partial charge is 0.386 e. The van der Waals surface area contributed by atoms with Crippen molar-refractivity contribution in [3.8, 4) is 0 Å². The fourth-order valence-electron chi connectivity index (χ4n) is 1.96. The van der Waals surface area contributed by atoms with E-state index in [0.29, 0.717) is 0 Å². The summed E-state index contributed by atoms with van der Waals surface area (Å²) in [6.07, 6.45) is -5.19. The summed E-state index contributed by atoms with van der Waals surface area (Å²) in [4.78, 5) is 24.1. The minimum absolute atomic E-state index is 0.135. The van der Waals surface area contributed by atoms with E-state index in [0.717, 1.165) is 17.0 Å². The fraction of sp³-hybridized carbons (Fsp3) is 0.462. The molecule has 2 N–H and O–H groups in total. The number of nitrogens with zero attached hydrogens (tertiary/aromatic N) is 2. The molecule has 1 amide bonds. The molecular weight excluding hydrogens is 319 g/mol. The fourth-order valence-corrected chi connectivity index (χ4v) is 1.96. The summed E-state index contributed by atoms with van der Waals surface area (Å²) < 4.78 is 44.2. The van der Waals surface area contributed by atoms with E-state index in [4.69, 9.17) is 4.74 Å². The second-order valence-electron chi connectivity index (χ2n) is 4.96. The van der Waals surface area contributed by atoms with Crippen molar-refractivity contribution in [2.24, 2.45) is 7.05 Å². The number of aliphatic hydroxyl groups is 1. The molecular formula is C13H14F3N3O4. The van der Waals surface area contributed by atoms with E-state index in [2.05, 4.69) is 17.0 Å². The lowest BCUT2D eigenvalue weighted by Crippen LogP contribution is -2.50. The van der Waals surface area contributed by atoms with E-state index >= 15 is 0 Å². The summed E-state index contributed by atoms with van der Waals surface area (Å²) in [7, 11) is 1.23. The molecule has 0 saturated carbocycles. The molecule has 126 valence electrons. The second kappa shape index (κ2) is 6.13. The number of rotatable bonds is 6. The first-order chi connectivity index (χ1) is 10.6. The highest BCUT2D eigenvalue weighted by Crippen LogP contribution is 2.30. The van der Waals surface area contributed by atoms with E-state index in [9.17, 15) is 27.9 Å². The summed E-state index contributed by atoms with van der Waals surface area (Å²) >= 11 is 0. The molecule has 7 nitrogen and oxygen atoms in total. The molecule has 0 spiro atoms. The van der Waals surface area contributed by atoms with Crippen molar-refractivity contribution in [3.63, 3.8) is 0 Å². The number of aromatic nitrogens is 2. The summed E-state index contributed by atoms with van der Waals surface area (Å²) in [6.45, 7) is 3.43. The van der Waals surface area contributed by atoms with Crippen LogP contribution in [0.1, 0.15) is 16.1 Å². The van der Waals surface area contributed by atoms with Gasteiger partial charge in [0.2, 0.25) is 0 Å². The molecule has 0 aromatic carbocycles. The lowest BCUT2D eigenvalue weighted by atomic mass is 10.0. The van der Waals surface area contributed by atoms with Crippen LogP contribution in [0.25, 0.3) is 0 Å². The molecule has 1 saturated heterocycles. The third-order valence-electron chi connectivity index (χ3n) is 3.17. The van der Waals surface area contributed by atoms with E-state index in [1.54, 1.807) is 0 Å². The number of hydrogen-bond acceptors (Lipinski definition) is 5. The van der Waals surface area contributed by atoms with Gasteiger partial charge in [-0.25, -0.2) is 0 Å². The quantitative estimate of drug-likeness (QED) is 0.566. The van der Waals surface area contributed by atoms with E-state index in [1.807, 2.05) is 0 Å². The highest BCUT2D eigenvalue weighted by atomic mass is 19.4. The lowest BCUT2D eigenvalue weighted by molar-refractivity contribution is -0.141. The molecule has 3 unspecified atom stereocenters. The van der Waals surface area contributed by atoms with Gasteiger partial charge >= 0.3 is 6.18 Å². The molecule has 0 radical (unpaired) electrons. The number of aryl methyl sites for hydroxylation is 1. The van der Waals surface area contributed by atoms with Gasteiger partial charge in [0.25, 0.3) is 5.91 Å². The van der Waals surface area contributed by atoms with Gasteiger partial charge in [0.05, 0.1) is 18.3 Å². The Morgan fingerprint density at radius 2 is 2.22 bits per heavy atom. The van der Waals surface area contributed by atoms with Crippen LogP contribution in [0, 0.1) is 0 Å². The molecule has 0 aliphatic carbocycles. The third-order valence-corrected chi connectivity index (χ3v) is 3.17. The Morgan fingerprint density at radius 1 is 1.61 bits per heavy atom. The summed E-state index contributed by atoms with van der Waals surface area (Å²) in [6, 6.07) is -1.45. The van der Waals surface area contributed by atoms with E-state index in [1.165, 1.54) is 7.05 Å². The molecule has 3 atom stereocenters. The van der Waals surface area contributed by atoms with Crippen molar-refractivity contribution in [1.29, 1.82) is 0 Å². The number of carbonyl (C=O) groups excluding carboxylic acids is 2. The monoisotopic (exact) mass is 333 g/mol. The Kier molecular flexibility index (Phi) is 4.57. The molecule has 1 aliphatic heterocycles. The first-order valence-electron chi connectivity index (χ1n) is 6.52. The van der Waals surface area contributed by atoms with Crippen molar-refractivity contribution in [3.05, 3.63) is 30.1 Å². The topological polar surface area (TPSA) is 96.8 Å². The first-order valence-corrected chi connectivity index (χ1v) is 6.52. The maximum absolute atomic E-state index is 12.9. The van der Waals surface area contributed by atoms with Crippen LogP contribution in [-0.4, -0.2) is 51.4 Å². The van der Waals surface area contributed by atoms with Crippen LogP contribution in [0.5, 0.6) is 0 Å². The molecule has 1 fully saturated rings. The first kappa shape index (κ1) is 17.2. The number of halogens is 3. The average Bonchev–Trinajstić information content (AvgIpc) is 3.23. The van der Waals surface area contributed by atoms with Gasteiger partial charge in [-0.3, -0.25) is 14.3 Å². The number of ketones is 1. The molecule has 1 aromatic heterocycles. The van der Waals surface area contributed by atoms with Crippen LogP contribution in [0.3, 0.4) is 0 Å². The Bertz CT molecular complexity index is 637. The highest BCUT2D eigenvalue weighted by molar-refractivity contribution is 6.00. The number of ether oxygens (including phenoxy) is 1. The van der Waals surface area contributed by atoms with Crippen molar-refractivity contribution in [1.82, 2.24) is 15.1 Å². The van der Waals surface area contributed by atoms with Crippen LogP contribution >= 0.6 is 0 Å². The van der Waals surface area contributed by atoms with Gasteiger partial charge in [0, 0.05) is 13.2 Å². The SMILES string of the molecule is C=CC(O)C(NC(=O)c1cn(C)nc1C(F)(F)F)C(=O)C1CO1. The van der Waals surface area contributed by atoms with Gasteiger partial charge in [0.15, 0.2) is 11.5 Å². The Morgan fingerprint density at radius 3 is 2.70 bits per heavy atom. The zero-order valence-electron chi connectivity index (χ0n) is 12.0. The van der Waals surface area contributed by atoms with Crippen molar-refractivity contribution in [2.75, 3.05) is 6.61 Å². The number of hydrogen-bond donors (Lipinski definition) is 2. The maximum Gasteiger partial charge on any atom is 0.435 e. The average molecular weight is 333 g/mol. The van der Waals surface area contributed by atoms with Crippen molar-refractivity contribution < 1.29 is 32.6 Å². The zero-order chi connectivity index (χ0) is 17.4. The number of alkyl halides is 3. The molecule has 10 heteroatoms. The Balaban J connectivity index is 2.25. The summed E-state index contributed by atoms with van der Waals surface area (Å²) in [5.41, 5.74) is -2.12. The summed E-state index contributed by atoms with van der Waals surface area (Å²) in [5, 5.41) is 15.0. The van der Waals surface area contributed by atoms with Crippen molar-refractivity contribution >= 4 is 11.7 Å². The maximum atomic E-state index is 12.9. The van der Waals surface area contributed by atoms with Crippen LogP contribution in [0.15, 0.2) is 18.9 Å². The predicted octanol–water partition coefficient (Wildman–Crippen LogP) is 0.0521. The van der Waals surface area contributed by atoms with Crippen LogP contribution in [-0.2, 0) is 22.8 Å². The van der Waals surface area contributed by atoms with Gasteiger partial charge < -0.3 is 15.2 Å². The van der Waals surface area contributed by atoms with Gasteiger partial charge in [-0.1, -0.05) is 6.08 Å². The standard InChI is InChI=1S/C13H14F3N3O4/c1-3-7(20)9(10(21)8-5-23-8)17-12(22)6-4-19(2)18-11(6)13(14,15)16/h3-4,7-9,20H,1,5H2,2H3,(H,17,22). The Hall–Kier alpha value is -2.20. The minimum atomic E-state index is -4.83. The summed E-state index contributed by atoms with van der Waals surface area (Å²) in [5.74, 6) is -1.81. The van der Waals surface area contributed by atoms with E-state index in [-0.39, 0.29) is 6.61 Å². The molecule has 2 rings (SSSR count). The molecule has 23 heavy (non-hydrogen) atoms. The van der Waals surface area contributed by atoms with Gasteiger partial charge in [0.1, 0.15) is 12.1 Å². The van der Waals surface area contributed by atoms with E-state index < -0.39 is 47.4 Å². The number of carbonyl (C=O) groups is 2. The van der Waals surface area contributed by atoms with Crippen LogP contribution in [0.4, 0.5) is 13.2 Å². The van der Waals surface area contributed by atoms with Crippen LogP contribution in [0.2, 0.25) is 0 Å². The lowest BCUT2D eigenvalue weighted by Gasteiger charge is -2.20. The van der Waals surface area contributed by atoms with Crippen LogP contribution < -0.4 is 5.32 Å². The number of Topliss-reactive ketones (excluding diaryl/α,β-unsaturated/α-hetero) is 1. The minimum Gasteiger partial charge on any atom is -0.386 e.